The van der Waals surface area contributed by atoms with Crippen LogP contribution in [0.15, 0.2) is 18.3 Å². The van der Waals surface area contributed by atoms with Crippen molar-refractivity contribution in [3.8, 4) is 0 Å². The SMILES string of the molecule is CC1OCCCC1C(=O)N1CCN(c2ccc(C(N)=O)cn2)CC1. The number of pyridine rings is 1. The number of carbonyl (C=O) groups is 2. The molecule has 3 heterocycles. The second-order valence-electron chi connectivity index (χ2n) is 6.41. The van der Waals surface area contributed by atoms with Crippen LogP contribution in [0.2, 0.25) is 0 Å². The summed E-state index contributed by atoms with van der Waals surface area (Å²) in [5.41, 5.74) is 5.63. The number of primary amides is 1. The van der Waals surface area contributed by atoms with Crippen molar-refractivity contribution < 1.29 is 14.3 Å². The summed E-state index contributed by atoms with van der Waals surface area (Å²) in [5.74, 6) is 0.520. The molecule has 7 heteroatoms. The second kappa shape index (κ2) is 7.17. The molecule has 2 aliphatic rings. The fourth-order valence-electron chi connectivity index (χ4n) is 3.36. The van der Waals surface area contributed by atoms with Gasteiger partial charge in [0, 0.05) is 39.0 Å². The van der Waals surface area contributed by atoms with E-state index in [1.165, 1.54) is 6.20 Å². The Morgan fingerprint density at radius 1 is 1.25 bits per heavy atom. The van der Waals surface area contributed by atoms with E-state index in [0.717, 1.165) is 38.4 Å². The Bertz CT molecular complexity index is 596. The highest BCUT2D eigenvalue weighted by Gasteiger charge is 2.33. The van der Waals surface area contributed by atoms with Gasteiger partial charge in [-0.3, -0.25) is 9.59 Å². The molecule has 0 saturated carbocycles. The van der Waals surface area contributed by atoms with E-state index in [4.69, 9.17) is 10.5 Å². The Balaban J connectivity index is 1.57. The van der Waals surface area contributed by atoms with E-state index >= 15 is 0 Å². The third-order valence-electron chi connectivity index (χ3n) is 4.87. The highest BCUT2D eigenvalue weighted by molar-refractivity contribution is 5.92. The molecule has 0 bridgehead atoms. The molecule has 3 rings (SSSR count). The Kier molecular flexibility index (Phi) is 4.99. The van der Waals surface area contributed by atoms with Gasteiger partial charge in [-0.25, -0.2) is 4.98 Å². The minimum atomic E-state index is -0.478. The van der Waals surface area contributed by atoms with E-state index < -0.39 is 5.91 Å². The fraction of sp³-hybridized carbons (Fsp3) is 0.588. The number of piperazine rings is 1. The molecule has 2 atom stereocenters. The van der Waals surface area contributed by atoms with Crippen LogP contribution in [0.4, 0.5) is 5.82 Å². The number of hydrogen-bond acceptors (Lipinski definition) is 5. The molecule has 0 aliphatic carbocycles. The highest BCUT2D eigenvalue weighted by Crippen LogP contribution is 2.24. The Morgan fingerprint density at radius 3 is 2.58 bits per heavy atom. The van der Waals surface area contributed by atoms with Crippen molar-refractivity contribution >= 4 is 17.6 Å². The number of nitrogens with two attached hydrogens (primary N) is 1. The number of rotatable bonds is 3. The van der Waals surface area contributed by atoms with Crippen LogP contribution in [0.5, 0.6) is 0 Å². The average Bonchev–Trinajstić information content (AvgIpc) is 2.62. The van der Waals surface area contributed by atoms with Crippen molar-refractivity contribution in [2.75, 3.05) is 37.7 Å². The minimum absolute atomic E-state index is 0.00675. The lowest BCUT2D eigenvalue weighted by molar-refractivity contribution is -0.144. The quantitative estimate of drug-likeness (QED) is 0.878. The summed E-state index contributed by atoms with van der Waals surface area (Å²) < 4.78 is 5.62. The van der Waals surface area contributed by atoms with Gasteiger partial charge in [0.05, 0.1) is 17.6 Å². The van der Waals surface area contributed by atoms with E-state index in [9.17, 15) is 9.59 Å². The van der Waals surface area contributed by atoms with Gasteiger partial charge < -0.3 is 20.3 Å². The van der Waals surface area contributed by atoms with Crippen LogP contribution in [0.1, 0.15) is 30.1 Å². The van der Waals surface area contributed by atoms with Gasteiger partial charge in [0.25, 0.3) is 0 Å². The lowest BCUT2D eigenvalue weighted by Gasteiger charge is -2.39. The van der Waals surface area contributed by atoms with Crippen molar-refractivity contribution in [3.05, 3.63) is 23.9 Å². The fourth-order valence-corrected chi connectivity index (χ4v) is 3.36. The Hall–Kier alpha value is -2.15. The maximum absolute atomic E-state index is 12.7. The largest absolute Gasteiger partial charge is 0.378 e. The molecular weight excluding hydrogens is 308 g/mol. The van der Waals surface area contributed by atoms with Crippen LogP contribution in [0, 0.1) is 5.92 Å². The van der Waals surface area contributed by atoms with E-state index in [1.807, 2.05) is 11.8 Å². The van der Waals surface area contributed by atoms with Crippen LogP contribution in [-0.2, 0) is 9.53 Å². The smallest absolute Gasteiger partial charge is 0.250 e. The molecule has 2 N–H and O–H groups in total. The van der Waals surface area contributed by atoms with Crippen molar-refractivity contribution in [3.63, 3.8) is 0 Å². The topological polar surface area (TPSA) is 88.8 Å². The van der Waals surface area contributed by atoms with Crippen LogP contribution < -0.4 is 10.6 Å². The number of anilines is 1. The standard InChI is InChI=1S/C17H24N4O3/c1-12-14(3-2-10-24-12)17(23)21-8-6-20(7-9-21)15-5-4-13(11-19-15)16(18)22/h4-5,11-12,14H,2-3,6-10H2,1H3,(H2,18,22). The van der Waals surface area contributed by atoms with Gasteiger partial charge >= 0.3 is 0 Å². The molecule has 2 amide bonds. The van der Waals surface area contributed by atoms with Gasteiger partial charge in [-0.15, -0.1) is 0 Å². The second-order valence-corrected chi connectivity index (χ2v) is 6.41. The first kappa shape index (κ1) is 16.7. The van der Waals surface area contributed by atoms with Gasteiger partial charge in [-0.05, 0) is 31.9 Å². The van der Waals surface area contributed by atoms with Crippen molar-refractivity contribution in [2.24, 2.45) is 11.7 Å². The van der Waals surface area contributed by atoms with Crippen molar-refractivity contribution in [1.29, 1.82) is 0 Å². The monoisotopic (exact) mass is 332 g/mol. The van der Waals surface area contributed by atoms with Gasteiger partial charge in [-0.1, -0.05) is 0 Å². The zero-order valence-corrected chi connectivity index (χ0v) is 14.0. The van der Waals surface area contributed by atoms with Gasteiger partial charge in [0.1, 0.15) is 5.82 Å². The van der Waals surface area contributed by atoms with Gasteiger partial charge in [-0.2, -0.15) is 0 Å². The molecule has 2 saturated heterocycles. The minimum Gasteiger partial charge on any atom is -0.378 e. The van der Waals surface area contributed by atoms with E-state index in [-0.39, 0.29) is 17.9 Å². The van der Waals surface area contributed by atoms with E-state index in [1.54, 1.807) is 12.1 Å². The summed E-state index contributed by atoms with van der Waals surface area (Å²) in [6, 6.07) is 3.48. The average molecular weight is 332 g/mol. The predicted molar refractivity (Wildman–Crippen MR) is 89.7 cm³/mol. The lowest BCUT2D eigenvalue weighted by atomic mass is 9.93. The molecule has 2 unspecified atom stereocenters. The molecule has 1 aromatic rings. The molecule has 2 fully saturated rings. The predicted octanol–water partition coefficient (Wildman–Crippen LogP) is 0.644. The van der Waals surface area contributed by atoms with Crippen LogP contribution in [-0.4, -0.2) is 60.6 Å². The number of nitrogens with zero attached hydrogens (tertiary/aromatic N) is 3. The summed E-state index contributed by atoms with van der Waals surface area (Å²) in [6.07, 6.45) is 3.37. The number of carbonyl (C=O) groups excluding carboxylic acids is 2. The third-order valence-corrected chi connectivity index (χ3v) is 4.87. The van der Waals surface area contributed by atoms with Crippen molar-refractivity contribution in [1.82, 2.24) is 9.88 Å². The lowest BCUT2D eigenvalue weighted by Crippen LogP contribution is -2.52. The van der Waals surface area contributed by atoms with Crippen LogP contribution in [0.25, 0.3) is 0 Å². The summed E-state index contributed by atoms with van der Waals surface area (Å²) in [7, 11) is 0. The number of hydrogen-bond donors (Lipinski definition) is 1. The van der Waals surface area contributed by atoms with Crippen molar-refractivity contribution in [2.45, 2.75) is 25.9 Å². The first-order valence-electron chi connectivity index (χ1n) is 8.47. The van der Waals surface area contributed by atoms with E-state index in [0.29, 0.717) is 18.7 Å². The molecular formula is C17H24N4O3. The molecule has 1 aromatic heterocycles. The highest BCUT2D eigenvalue weighted by atomic mass is 16.5. The Labute approximate surface area is 141 Å². The molecule has 2 aliphatic heterocycles. The third kappa shape index (κ3) is 3.51. The molecule has 0 radical (unpaired) electrons. The molecule has 7 nitrogen and oxygen atoms in total. The first-order valence-corrected chi connectivity index (χ1v) is 8.47. The van der Waals surface area contributed by atoms with Crippen LogP contribution >= 0.6 is 0 Å². The van der Waals surface area contributed by atoms with E-state index in [2.05, 4.69) is 9.88 Å². The number of amides is 2. The normalized spacial score (nSPS) is 24.7. The first-order chi connectivity index (χ1) is 11.6. The maximum Gasteiger partial charge on any atom is 0.250 e. The Morgan fingerprint density at radius 2 is 2.00 bits per heavy atom. The summed E-state index contributed by atoms with van der Waals surface area (Å²) in [6.45, 7) is 5.57. The van der Waals surface area contributed by atoms with Gasteiger partial charge in [0.2, 0.25) is 11.8 Å². The summed E-state index contributed by atoms with van der Waals surface area (Å²) in [5, 5.41) is 0. The number of ether oxygens (including phenoxy) is 1. The molecule has 24 heavy (non-hydrogen) atoms. The zero-order chi connectivity index (χ0) is 17.1. The zero-order valence-electron chi connectivity index (χ0n) is 14.0. The summed E-state index contributed by atoms with van der Waals surface area (Å²) >= 11 is 0. The van der Waals surface area contributed by atoms with Gasteiger partial charge in [0.15, 0.2) is 0 Å². The van der Waals surface area contributed by atoms with Crippen LogP contribution in [0.3, 0.4) is 0 Å². The summed E-state index contributed by atoms with van der Waals surface area (Å²) in [4.78, 5) is 32.1. The number of aromatic nitrogens is 1. The maximum atomic E-state index is 12.7. The molecule has 130 valence electrons. The molecule has 0 spiro atoms. The molecule has 0 aromatic carbocycles.